The van der Waals surface area contributed by atoms with E-state index in [1.165, 1.54) is 6.20 Å². The molecule has 1 aliphatic carbocycles. The fourth-order valence-corrected chi connectivity index (χ4v) is 5.06. The van der Waals surface area contributed by atoms with Crippen LogP contribution in [0.1, 0.15) is 39.5 Å². The second kappa shape index (κ2) is 10.9. The Hall–Kier alpha value is -3.33. The van der Waals surface area contributed by atoms with Crippen LogP contribution in [0.15, 0.2) is 59.3 Å². The Morgan fingerprint density at radius 1 is 1.23 bits per heavy atom. The molecule has 2 fully saturated rings. The van der Waals surface area contributed by atoms with Gasteiger partial charge in [0.15, 0.2) is 0 Å². The smallest absolute Gasteiger partial charge is 0.267 e. The van der Waals surface area contributed by atoms with Crippen LogP contribution in [-0.4, -0.2) is 71.8 Å². The van der Waals surface area contributed by atoms with E-state index in [2.05, 4.69) is 51.9 Å². The van der Waals surface area contributed by atoms with E-state index in [-0.39, 0.29) is 11.9 Å². The van der Waals surface area contributed by atoms with Gasteiger partial charge in [0.05, 0.1) is 11.9 Å². The van der Waals surface area contributed by atoms with Crippen molar-refractivity contribution in [2.24, 2.45) is 10.7 Å². The van der Waals surface area contributed by atoms with Crippen LogP contribution < -0.4 is 21.3 Å². The summed E-state index contributed by atoms with van der Waals surface area (Å²) in [6.07, 6.45) is 9.49. The molecule has 35 heavy (non-hydrogen) atoms. The van der Waals surface area contributed by atoms with E-state index in [1.54, 1.807) is 13.1 Å². The quantitative estimate of drug-likeness (QED) is 0.554. The fourth-order valence-electron chi connectivity index (χ4n) is 5.06. The molecule has 0 bridgehead atoms. The number of likely N-dealkylation sites (N-methyl/N-ethyl adjacent to an activating group) is 1. The third kappa shape index (κ3) is 5.51. The molecule has 3 aliphatic rings. The van der Waals surface area contributed by atoms with Gasteiger partial charge in [-0.2, -0.15) is 0 Å². The Morgan fingerprint density at radius 3 is 2.51 bits per heavy atom. The normalized spacial score (nSPS) is 21.8. The fraction of sp³-hybridized carbons (Fsp3) is 0.500. The van der Waals surface area contributed by atoms with Gasteiger partial charge in [0, 0.05) is 57.1 Å². The molecular weight excluding hydrogens is 440 g/mol. The van der Waals surface area contributed by atoms with Crippen LogP contribution in [0.3, 0.4) is 0 Å². The second-order valence-corrected chi connectivity index (χ2v) is 9.56. The van der Waals surface area contributed by atoms with E-state index >= 15 is 0 Å². The maximum atomic E-state index is 12.6. The molecule has 1 amide bonds. The summed E-state index contributed by atoms with van der Waals surface area (Å²) in [5.74, 6) is 1.62. The van der Waals surface area contributed by atoms with Crippen molar-refractivity contribution < 1.29 is 4.79 Å². The Morgan fingerprint density at radius 2 is 1.94 bits per heavy atom. The molecule has 9 nitrogen and oxygen atoms in total. The number of piperazine rings is 1. The lowest BCUT2D eigenvalue weighted by atomic mass is 10.2. The molecule has 0 spiro atoms. The lowest BCUT2D eigenvalue weighted by Crippen LogP contribution is -2.48. The van der Waals surface area contributed by atoms with Gasteiger partial charge in [-0.05, 0) is 44.9 Å². The van der Waals surface area contributed by atoms with Gasteiger partial charge in [-0.3, -0.25) is 9.69 Å². The van der Waals surface area contributed by atoms with Gasteiger partial charge in [-0.25, -0.2) is 9.98 Å². The molecule has 0 unspecified atom stereocenters. The van der Waals surface area contributed by atoms with Crippen LogP contribution in [0, 0.1) is 0 Å². The number of amidine groups is 1. The molecule has 188 valence electrons. The number of aromatic nitrogens is 1. The topological polar surface area (TPSA) is 102 Å². The highest BCUT2D eigenvalue weighted by Crippen LogP contribution is 2.33. The number of hydrogen-bond donors (Lipinski definition) is 3. The summed E-state index contributed by atoms with van der Waals surface area (Å²) < 4.78 is 0. The molecule has 1 aromatic heterocycles. The number of hydrogen-bond acceptors (Lipinski definition) is 7. The molecule has 2 aliphatic heterocycles. The summed E-state index contributed by atoms with van der Waals surface area (Å²) in [6.45, 7) is 12.7. The molecule has 0 radical (unpaired) electrons. The zero-order chi connectivity index (χ0) is 24.9. The summed E-state index contributed by atoms with van der Waals surface area (Å²) in [5.41, 5.74) is 8.31. The minimum Gasteiger partial charge on any atom is -0.404 e. The van der Waals surface area contributed by atoms with Crippen molar-refractivity contribution in [2.75, 3.05) is 43.4 Å². The van der Waals surface area contributed by atoms with E-state index in [0.29, 0.717) is 34.8 Å². The van der Waals surface area contributed by atoms with Crippen LogP contribution in [0.25, 0.3) is 0 Å². The van der Waals surface area contributed by atoms with Crippen molar-refractivity contribution >= 4 is 23.2 Å². The monoisotopic (exact) mass is 478 g/mol. The number of pyridine rings is 1. The summed E-state index contributed by atoms with van der Waals surface area (Å²) >= 11 is 0. The zero-order valence-electron chi connectivity index (χ0n) is 21.1. The summed E-state index contributed by atoms with van der Waals surface area (Å²) in [7, 11) is 1.64. The van der Waals surface area contributed by atoms with E-state index in [1.807, 2.05) is 17.2 Å². The molecule has 4 rings (SSSR count). The van der Waals surface area contributed by atoms with Crippen LogP contribution >= 0.6 is 0 Å². The third-order valence-corrected chi connectivity index (χ3v) is 7.04. The third-order valence-electron chi connectivity index (χ3n) is 7.04. The molecule has 1 saturated heterocycles. The Kier molecular flexibility index (Phi) is 7.75. The van der Waals surface area contributed by atoms with Gasteiger partial charge in [0.25, 0.3) is 5.91 Å². The summed E-state index contributed by atoms with van der Waals surface area (Å²) in [5, 5.41) is 5.93. The molecule has 0 atom stereocenters. The average molecular weight is 479 g/mol. The molecule has 1 saturated carbocycles. The van der Waals surface area contributed by atoms with Crippen LogP contribution in [0.5, 0.6) is 0 Å². The van der Waals surface area contributed by atoms with Gasteiger partial charge in [0.1, 0.15) is 23.2 Å². The van der Waals surface area contributed by atoms with Crippen LogP contribution in [0.2, 0.25) is 0 Å². The molecule has 3 heterocycles. The highest BCUT2D eigenvalue weighted by molar-refractivity contribution is 6.12. The Balaban J connectivity index is 1.45. The maximum Gasteiger partial charge on any atom is 0.267 e. The van der Waals surface area contributed by atoms with Crippen molar-refractivity contribution in [3.05, 3.63) is 54.3 Å². The molecule has 1 aromatic rings. The number of nitrogens with zero attached hydrogens (tertiary/aromatic N) is 5. The number of anilines is 2. The van der Waals surface area contributed by atoms with Crippen LogP contribution in [-0.2, 0) is 4.79 Å². The summed E-state index contributed by atoms with van der Waals surface area (Å²) in [6, 6.07) is 4.83. The molecular formula is C26H38N8O. The first-order valence-corrected chi connectivity index (χ1v) is 12.6. The second-order valence-electron chi connectivity index (χ2n) is 9.56. The number of carbonyl (C=O) groups excluding carboxylic acids is 1. The minimum absolute atomic E-state index is 0.147. The first-order valence-electron chi connectivity index (χ1n) is 12.6. The van der Waals surface area contributed by atoms with Crippen molar-refractivity contribution in [2.45, 2.75) is 51.6 Å². The van der Waals surface area contributed by atoms with Gasteiger partial charge >= 0.3 is 0 Å². The standard InChI is InChI=1S/C26H38N8O/c1-18(2)32-11-13-33(14-12-32)22-9-10-24(29-17-22)30-19(3)31-25-20(16-27)15-23(26(35)28-4)34(25)21-7-5-6-8-21/h9-10,15-18,21H,3,5-8,11-14,27H2,1-2,4H3,(H,28,35)(H,29,30)/b20-16-,31-25+. The highest BCUT2D eigenvalue weighted by Gasteiger charge is 2.36. The molecule has 4 N–H and O–H groups in total. The number of carbonyl (C=O) groups is 1. The predicted octanol–water partition coefficient (Wildman–Crippen LogP) is 2.62. The van der Waals surface area contributed by atoms with E-state index in [9.17, 15) is 4.79 Å². The number of aliphatic imine (C=N–C) groups is 1. The first kappa shape index (κ1) is 24.8. The van der Waals surface area contributed by atoms with E-state index < -0.39 is 0 Å². The number of nitrogens with one attached hydrogen (secondary N) is 2. The van der Waals surface area contributed by atoms with Gasteiger partial charge in [-0.15, -0.1) is 0 Å². The number of rotatable bonds is 7. The van der Waals surface area contributed by atoms with E-state index in [0.717, 1.165) is 57.5 Å². The van der Waals surface area contributed by atoms with Crippen molar-refractivity contribution in [1.82, 2.24) is 20.1 Å². The average Bonchev–Trinajstić information content (AvgIpc) is 3.52. The number of amides is 1. The van der Waals surface area contributed by atoms with Crippen molar-refractivity contribution in [1.29, 1.82) is 0 Å². The molecule has 9 heteroatoms. The molecule has 0 aromatic carbocycles. The van der Waals surface area contributed by atoms with Crippen molar-refractivity contribution in [3.63, 3.8) is 0 Å². The van der Waals surface area contributed by atoms with Gasteiger partial charge in [-0.1, -0.05) is 19.4 Å². The van der Waals surface area contributed by atoms with Gasteiger partial charge < -0.3 is 26.2 Å². The predicted molar refractivity (Wildman–Crippen MR) is 142 cm³/mol. The van der Waals surface area contributed by atoms with Crippen molar-refractivity contribution in [3.8, 4) is 0 Å². The Bertz CT molecular complexity index is 1010. The zero-order valence-corrected chi connectivity index (χ0v) is 21.1. The Labute approximate surface area is 208 Å². The highest BCUT2D eigenvalue weighted by atomic mass is 16.2. The SMILES string of the molecule is C=C(/N=C1\C(=C/N)C=C(C(=O)NC)N1C1CCCC1)Nc1ccc(N2CCN(C(C)C)CC2)cn1. The maximum absolute atomic E-state index is 12.6. The first-order chi connectivity index (χ1) is 16.9. The largest absolute Gasteiger partial charge is 0.404 e. The minimum atomic E-state index is -0.147. The lowest BCUT2D eigenvalue weighted by Gasteiger charge is -2.38. The lowest BCUT2D eigenvalue weighted by molar-refractivity contribution is -0.118. The van der Waals surface area contributed by atoms with Gasteiger partial charge in [0.2, 0.25) is 0 Å². The summed E-state index contributed by atoms with van der Waals surface area (Å²) in [4.78, 5) is 28.8. The number of nitrogens with two attached hydrogens (primary N) is 1. The van der Waals surface area contributed by atoms with E-state index in [4.69, 9.17) is 10.7 Å². The van der Waals surface area contributed by atoms with Crippen LogP contribution in [0.4, 0.5) is 11.5 Å².